The van der Waals surface area contributed by atoms with Crippen LogP contribution >= 0.6 is 27.5 Å². The molecule has 0 aliphatic heterocycles. The number of amides is 1. The Morgan fingerprint density at radius 3 is 2.62 bits per heavy atom. The Bertz CT molecular complexity index is 720. The highest BCUT2D eigenvalue weighted by atomic mass is 79.9. The third-order valence-corrected chi connectivity index (χ3v) is 3.58. The summed E-state index contributed by atoms with van der Waals surface area (Å²) in [5.41, 5.74) is 3.00. The molecule has 0 fully saturated rings. The second kappa shape index (κ2) is 9.30. The topological polar surface area (TPSA) is 59.9 Å². The molecule has 0 unspecified atom stereocenters. The van der Waals surface area contributed by atoms with E-state index in [1.54, 1.807) is 18.2 Å². The van der Waals surface area contributed by atoms with E-state index in [0.29, 0.717) is 29.5 Å². The fraction of sp³-hybridized carbons (Fsp3) is 0.176. The zero-order chi connectivity index (χ0) is 17.4. The van der Waals surface area contributed by atoms with Gasteiger partial charge in [0, 0.05) is 22.0 Å². The molecule has 2 rings (SSSR count). The number of benzene rings is 2. The van der Waals surface area contributed by atoms with Crippen LogP contribution in [-0.4, -0.2) is 25.3 Å². The molecule has 0 spiro atoms. The van der Waals surface area contributed by atoms with E-state index in [1.165, 1.54) is 13.1 Å². The molecule has 0 aliphatic rings. The number of rotatable bonds is 7. The third kappa shape index (κ3) is 6.22. The van der Waals surface area contributed by atoms with Crippen molar-refractivity contribution >= 4 is 39.7 Å². The first-order chi connectivity index (χ1) is 11.5. The Labute approximate surface area is 153 Å². The molecule has 1 amide bonds. The maximum absolute atomic E-state index is 10.9. The van der Waals surface area contributed by atoms with Crippen LogP contribution in [0.2, 0.25) is 5.02 Å². The van der Waals surface area contributed by atoms with Crippen molar-refractivity contribution in [2.75, 3.05) is 13.2 Å². The second-order valence-corrected chi connectivity index (χ2v) is 6.11. The van der Waals surface area contributed by atoms with E-state index < -0.39 is 0 Å². The van der Waals surface area contributed by atoms with Crippen LogP contribution in [0.1, 0.15) is 12.5 Å². The maximum atomic E-state index is 10.9. The number of hydrogen-bond acceptors (Lipinski definition) is 4. The van der Waals surface area contributed by atoms with Gasteiger partial charge in [0.2, 0.25) is 5.91 Å². The molecule has 1 N–H and O–H groups in total. The summed E-state index contributed by atoms with van der Waals surface area (Å²) in [5.74, 6) is 1.12. The van der Waals surface area contributed by atoms with Crippen LogP contribution in [0.5, 0.6) is 11.5 Å². The van der Waals surface area contributed by atoms with Gasteiger partial charge < -0.3 is 9.47 Å². The Morgan fingerprint density at radius 2 is 1.92 bits per heavy atom. The fourth-order valence-corrected chi connectivity index (χ4v) is 2.23. The lowest BCUT2D eigenvalue weighted by atomic mass is 10.2. The summed E-state index contributed by atoms with van der Waals surface area (Å²) in [4.78, 5) is 10.9. The van der Waals surface area contributed by atoms with E-state index in [9.17, 15) is 4.79 Å². The predicted molar refractivity (Wildman–Crippen MR) is 98.0 cm³/mol. The molecule has 126 valence electrons. The number of hydrazone groups is 1. The lowest BCUT2D eigenvalue weighted by Gasteiger charge is -2.10. The van der Waals surface area contributed by atoms with Crippen molar-refractivity contribution in [1.29, 1.82) is 0 Å². The zero-order valence-corrected chi connectivity index (χ0v) is 15.3. The molecule has 2 aromatic rings. The summed E-state index contributed by atoms with van der Waals surface area (Å²) in [5, 5.41) is 4.38. The van der Waals surface area contributed by atoms with Gasteiger partial charge in [-0.05, 0) is 42.5 Å². The molecule has 0 aliphatic carbocycles. The van der Waals surface area contributed by atoms with Gasteiger partial charge in [0.1, 0.15) is 24.7 Å². The maximum Gasteiger partial charge on any atom is 0.236 e. The van der Waals surface area contributed by atoms with Crippen molar-refractivity contribution in [2.24, 2.45) is 5.10 Å². The molecule has 2 aromatic carbocycles. The molecular weight excluding hydrogens is 396 g/mol. The molecule has 0 saturated heterocycles. The van der Waals surface area contributed by atoms with E-state index in [1.807, 2.05) is 24.3 Å². The highest BCUT2D eigenvalue weighted by Gasteiger charge is 2.04. The van der Waals surface area contributed by atoms with Gasteiger partial charge in [0.15, 0.2) is 0 Å². The van der Waals surface area contributed by atoms with E-state index in [0.717, 1.165) is 10.2 Å². The smallest absolute Gasteiger partial charge is 0.236 e. The molecule has 0 heterocycles. The Morgan fingerprint density at radius 1 is 1.21 bits per heavy atom. The van der Waals surface area contributed by atoms with Crippen molar-refractivity contribution in [2.45, 2.75) is 6.92 Å². The Kier molecular flexibility index (Phi) is 7.08. The van der Waals surface area contributed by atoms with Gasteiger partial charge in [0.05, 0.1) is 6.21 Å². The predicted octanol–water partition coefficient (Wildman–Crippen LogP) is 4.03. The van der Waals surface area contributed by atoms with Gasteiger partial charge in [-0.1, -0.05) is 27.5 Å². The van der Waals surface area contributed by atoms with Gasteiger partial charge in [0.25, 0.3) is 0 Å². The van der Waals surface area contributed by atoms with Crippen molar-refractivity contribution in [1.82, 2.24) is 5.43 Å². The third-order valence-electron chi connectivity index (χ3n) is 2.82. The number of carbonyl (C=O) groups excluding carboxylic acids is 1. The molecule has 24 heavy (non-hydrogen) atoms. The zero-order valence-electron chi connectivity index (χ0n) is 13.0. The van der Waals surface area contributed by atoms with Crippen molar-refractivity contribution < 1.29 is 14.3 Å². The van der Waals surface area contributed by atoms with Crippen LogP contribution in [0.4, 0.5) is 0 Å². The van der Waals surface area contributed by atoms with Crippen molar-refractivity contribution in [3.63, 3.8) is 0 Å². The molecule has 0 atom stereocenters. The Hall–Kier alpha value is -2.05. The van der Waals surface area contributed by atoms with E-state index >= 15 is 0 Å². The summed E-state index contributed by atoms with van der Waals surface area (Å²) in [6.45, 7) is 2.14. The largest absolute Gasteiger partial charge is 0.490 e. The van der Waals surface area contributed by atoms with Crippen LogP contribution < -0.4 is 14.9 Å². The van der Waals surface area contributed by atoms with Crippen LogP contribution in [-0.2, 0) is 4.79 Å². The minimum atomic E-state index is -0.251. The highest BCUT2D eigenvalue weighted by Crippen LogP contribution is 2.21. The molecule has 5 nitrogen and oxygen atoms in total. The van der Waals surface area contributed by atoms with Gasteiger partial charge >= 0.3 is 0 Å². The molecule has 0 bridgehead atoms. The number of halogens is 2. The number of hydrogen-bond donors (Lipinski definition) is 1. The first-order valence-corrected chi connectivity index (χ1v) is 8.32. The minimum absolute atomic E-state index is 0.251. The summed E-state index contributed by atoms with van der Waals surface area (Å²) >= 11 is 9.35. The highest BCUT2D eigenvalue weighted by molar-refractivity contribution is 9.10. The van der Waals surface area contributed by atoms with E-state index in [4.69, 9.17) is 21.1 Å². The van der Waals surface area contributed by atoms with Crippen molar-refractivity contribution in [3.05, 3.63) is 57.5 Å². The van der Waals surface area contributed by atoms with Gasteiger partial charge in [-0.15, -0.1) is 0 Å². The van der Waals surface area contributed by atoms with Crippen LogP contribution in [0.25, 0.3) is 0 Å². The van der Waals surface area contributed by atoms with Crippen molar-refractivity contribution in [3.8, 4) is 11.5 Å². The number of ether oxygens (including phenoxy) is 2. The summed E-state index contributed by atoms with van der Waals surface area (Å²) in [6.07, 6.45) is 1.48. The summed E-state index contributed by atoms with van der Waals surface area (Å²) in [6, 6.07) is 12.7. The number of nitrogens with one attached hydrogen (secondary N) is 1. The van der Waals surface area contributed by atoms with Crippen LogP contribution in [0.15, 0.2) is 52.0 Å². The molecule has 0 radical (unpaired) electrons. The Balaban J connectivity index is 1.90. The number of carbonyl (C=O) groups is 1. The van der Waals surface area contributed by atoms with Crippen LogP contribution in [0.3, 0.4) is 0 Å². The summed E-state index contributed by atoms with van der Waals surface area (Å²) < 4.78 is 12.3. The minimum Gasteiger partial charge on any atom is -0.490 e. The second-order valence-electron chi connectivity index (χ2n) is 4.76. The average molecular weight is 412 g/mol. The average Bonchev–Trinajstić information content (AvgIpc) is 2.54. The quantitative estimate of drug-likeness (QED) is 0.425. The normalized spacial score (nSPS) is 10.6. The first kappa shape index (κ1) is 18.3. The number of nitrogens with zero attached hydrogens (tertiary/aromatic N) is 1. The van der Waals surface area contributed by atoms with Gasteiger partial charge in [-0.25, -0.2) is 5.43 Å². The fourth-order valence-electron chi connectivity index (χ4n) is 1.79. The summed E-state index contributed by atoms with van der Waals surface area (Å²) in [7, 11) is 0. The van der Waals surface area contributed by atoms with Gasteiger partial charge in [-0.3, -0.25) is 4.79 Å². The van der Waals surface area contributed by atoms with Crippen LogP contribution in [0, 0.1) is 0 Å². The molecule has 0 saturated carbocycles. The molecular formula is C17H16BrClN2O3. The first-order valence-electron chi connectivity index (χ1n) is 7.15. The standard InChI is InChI=1S/C17H16BrClN2O3/c1-12(22)21-20-11-13-10-15(19)4-7-17(13)24-9-8-23-16-5-2-14(18)3-6-16/h2-7,10-11H,8-9H2,1H3,(H,21,22)/b20-11+. The van der Waals surface area contributed by atoms with E-state index in [2.05, 4.69) is 26.5 Å². The van der Waals surface area contributed by atoms with E-state index in [-0.39, 0.29) is 5.91 Å². The lowest BCUT2D eigenvalue weighted by Crippen LogP contribution is -2.13. The molecule has 7 heteroatoms. The lowest BCUT2D eigenvalue weighted by molar-refractivity contribution is -0.118. The molecule has 0 aromatic heterocycles. The monoisotopic (exact) mass is 410 g/mol. The van der Waals surface area contributed by atoms with Gasteiger partial charge in [-0.2, -0.15) is 5.10 Å². The SMILES string of the molecule is CC(=O)N/N=C/c1cc(Cl)ccc1OCCOc1ccc(Br)cc1.